The SMILES string of the molecule is N=C(C=C(N)c1ccccc1)c1ccc(-c2cccnc2)cc1. The minimum Gasteiger partial charge on any atom is -0.398 e. The molecule has 3 nitrogen and oxygen atoms in total. The molecule has 0 saturated carbocycles. The Bertz CT molecular complexity index is 820. The molecule has 3 N–H and O–H groups in total. The summed E-state index contributed by atoms with van der Waals surface area (Å²) in [4.78, 5) is 4.12. The summed E-state index contributed by atoms with van der Waals surface area (Å²) in [6, 6.07) is 21.5. The number of pyridine rings is 1. The molecule has 0 aliphatic carbocycles. The maximum absolute atomic E-state index is 8.22. The molecule has 3 heteroatoms. The number of allylic oxidation sites excluding steroid dienone is 1. The minimum absolute atomic E-state index is 0.393. The number of nitrogens with one attached hydrogen (secondary N) is 1. The quantitative estimate of drug-likeness (QED) is 0.712. The Morgan fingerprint density at radius 2 is 1.57 bits per heavy atom. The van der Waals surface area contributed by atoms with E-state index >= 15 is 0 Å². The first-order valence-corrected chi connectivity index (χ1v) is 7.36. The highest BCUT2D eigenvalue weighted by molar-refractivity contribution is 6.10. The summed E-state index contributed by atoms with van der Waals surface area (Å²) in [5, 5.41) is 8.22. The number of hydrogen-bond acceptors (Lipinski definition) is 3. The van der Waals surface area contributed by atoms with Crippen LogP contribution in [0.5, 0.6) is 0 Å². The topological polar surface area (TPSA) is 62.8 Å². The van der Waals surface area contributed by atoms with Crippen LogP contribution < -0.4 is 5.73 Å². The van der Waals surface area contributed by atoms with Crippen LogP contribution >= 0.6 is 0 Å². The molecule has 2 aromatic carbocycles. The summed E-state index contributed by atoms with van der Waals surface area (Å²) < 4.78 is 0. The molecule has 23 heavy (non-hydrogen) atoms. The standard InChI is InChI=1S/C20H17N3/c21-19(16-5-2-1-3-6-16)13-20(22)17-10-8-15(9-11-17)18-7-4-12-23-14-18/h1-14,22H,21H2. The summed E-state index contributed by atoms with van der Waals surface area (Å²) >= 11 is 0. The van der Waals surface area contributed by atoms with Crippen molar-refractivity contribution in [3.05, 3.63) is 96.3 Å². The van der Waals surface area contributed by atoms with Crippen molar-refractivity contribution in [2.45, 2.75) is 0 Å². The second kappa shape index (κ2) is 6.71. The molecule has 0 atom stereocenters. The third kappa shape index (κ3) is 3.52. The zero-order valence-electron chi connectivity index (χ0n) is 12.6. The molecule has 1 heterocycles. The van der Waals surface area contributed by atoms with Crippen molar-refractivity contribution >= 4 is 11.4 Å². The molecule has 1 aromatic heterocycles. The van der Waals surface area contributed by atoms with Gasteiger partial charge in [0.25, 0.3) is 0 Å². The van der Waals surface area contributed by atoms with Gasteiger partial charge in [0, 0.05) is 18.1 Å². The van der Waals surface area contributed by atoms with E-state index in [1.165, 1.54) is 0 Å². The van der Waals surface area contributed by atoms with Crippen molar-refractivity contribution in [3.8, 4) is 11.1 Å². The van der Waals surface area contributed by atoms with E-state index < -0.39 is 0 Å². The van der Waals surface area contributed by atoms with Gasteiger partial charge in [-0.2, -0.15) is 0 Å². The second-order valence-corrected chi connectivity index (χ2v) is 5.20. The maximum Gasteiger partial charge on any atom is 0.0632 e. The molecule has 0 radical (unpaired) electrons. The normalized spacial score (nSPS) is 11.2. The fourth-order valence-electron chi connectivity index (χ4n) is 2.33. The minimum atomic E-state index is 0.393. The van der Waals surface area contributed by atoms with Gasteiger partial charge in [0.05, 0.1) is 5.71 Å². The van der Waals surface area contributed by atoms with Crippen LogP contribution in [0.3, 0.4) is 0 Å². The van der Waals surface area contributed by atoms with Gasteiger partial charge in [0.15, 0.2) is 0 Å². The van der Waals surface area contributed by atoms with E-state index in [2.05, 4.69) is 4.98 Å². The third-order valence-corrected chi connectivity index (χ3v) is 3.60. The maximum atomic E-state index is 8.22. The Kier molecular flexibility index (Phi) is 4.29. The molecule has 3 aromatic rings. The van der Waals surface area contributed by atoms with Crippen LogP contribution in [0.15, 0.2) is 85.2 Å². The number of hydrogen-bond donors (Lipinski definition) is 2. The lowest BCUT2D eigenvalue weighted by atomic mass is 10.0. The molecule has 0 aliphatic rings. The van der Waals surface area contributed by atoms with Crippen molar-refractivity contribution in [2.75, 3.05) is 0 Å². The molecule has 0 unspecified atom stereocenters. The summed E-state index contributed by atoms with van der Waals surface area (Å²) in [7, 11) is 0. The Morgan fingerprint density at radius 1 is 0.826 bits per heavy atom. The van der Waals surface area contributed by atoms with E-state index in [1.54, 1.807) is 12.3 Å². The highest BCUT2D eigenvalue weighted by Crippen LogP contribution is 2.19. The first kappa shape index (κ1) is 14.7. The number of nitrogens with two attached hydrogens (primary N) is 1. The monoisotopic (exact) mass is 299 g/mol. The Morgan fingerprint density at radius 3 is 2.22 bits per heavy atom. The molecule has 0 bridgehead atoms. The molecular weight excluding hydrogens is 282 g/mol. The molecule has 0 aliphatic heterocycles. The van der Waals surface area contributed by atoms with E-state index in [-0.39, 0.29) is 0 Å². The average Bonchev–Trinajstić information content (AvgIpc) is 2.63. The van der Waals surface area contributed by atoms with Crippen LogP contribution in [0.25, 0.3) is 16.8 Å². The zero-order chi connectivity index (χ0) is 16.1. The van der Waals surface area contributed by atoms with Crippen molar-refractivity contribution < 1.29 is 0 Å². The molecule has 0 spiro atoms. The van der Waals surface area contributed by atoms with Crippen molar-refractivity contribution in [3.63, 3.8) is 0 Å². The van der Waals surface area contributed by atoms with E-state index in [9.17, 15) is 0 Å². The number of nitrogens with zero attached hydrogens (tertiary/aromatic N) is 1. The first-order chi connectivity index (χ1) is 11.2. The lowest BCUT2D eigenvalue weighted by molar-refractivity contribution is 1.33. The number of aromatic nitrogens is 1. The van der Waals surface area contributed by atoms with Gasteiger partial charge in [-0.05, 0) is 34.4 Å². The third-order valence-electron chi connectivity index (χ3n) is 3.60. The van der Waals surface area contributed by atoms with Gasteiger partial charge in [-0.15, -0.1) is 0 Å². The van der Waals surface area contributed by atoms with E-state index in [1.807, 2.05) is 72.9 Å². The van der Waals surface area contributed by atoms with Gasteiger partial charge in [0.1, 0.15) is 0 Å². The van der Waals surface area contributed by atoms with Gasteiger partial charge in [-0.1, -0.05) is 60.7 Å². The van der Waals surface area contributed by atoms with E-state index in [0.717, 1.165) is 22.3 Å². The molecule has 3 rings (SSSR count). The Labute approximate surface area is 135 Å². The highest BCUT2D eigenvalue weighted by Gasteiger charge is 2.03. The average molecular weight is 299 g/mol. The van der Waals surface area contributed by atoms with Gasteiger partial charge in [0.2, 0.25) is 0 Å². The molecule has 112 valence electrons. The smallest absolute Gasteiger partial charge is 0.0632 e. The predicted molar refractivity (Wildman–Crippen MR) is 95.1 cm³/mol. The summed E-state index contributed by atoms with van der Waals surface area (Å²) in [6.45, 7) is 0. The van der Waals surface area contributed by atoms with Crippen LogP contribution in [0.1, 0.15) is 11.1 Å². The van der Waals surface area contributed by atoms with Crippen LogP contribution in [0.4, 0.5) is 0 Å². The van der Waals surface area contributed by atoms with Crippen molar-refractivity contribution in [1.29, 1.82) is 5.41 Å². The van der Waals surface area contributed by atoms with Gasteiger partial charge < -0.3 is 11.1 Å². The number of benzene rings is 2. The summed E-state index contributed by atoms with van der Waals surface area (Å²) in [5.74, 6) is 0. The molecule has 0 fully saturated rings. The lowest BCUT2D eigenvalue weighted by Crippen LogP contribution is -2.02. The van der Waals surface area contributed by atoms with Gasteiger partial charge >= 0.3 is 0 Å². The molecule has 0 amide bonds. The predicted octanol–water partition coefficient (Wildman–Crippen LogP) is 4.12. The Balaban J connectivity index is 1.81. The Hall–Kier alpha value is -3.20. The van der Waals surface area contributed by atoms with E-state index in [4.69, 9.17) is 11.1 Å². The molecular formula is C20H17N3. The largest absolute Gasteiger partial charge is 0.398 e. The van der Waals surface area contributed by atoms with Crippen molar-refractivity contribution in [2.24, 2.45) is 5.73 Å². The van der Waals surface area contributed by atoms with Crippen LogP contribution in [0.2, 0.25) is 0 Å². The fraction of sp³-hybridized carbons (Fsp3) is 0. The highest BCUT2D eigenvalue weighted by atomic mass is 14.6. The fourth-order valence-corrected chi connectivity index (χ4v) is 2.33. The second-order valence-electron chi connectivity index (χ2n) is 5.20. The lowest BCUT2D eigenvalue weighted by Gasteiger charge is -2.05. The van der Waals surface area contributed by atoms with Gasteiger partial charge in [-0.3, -0.25) is 4.98 Å². The van der Waals surface area contributed by atoms with E-state index in [0.29, 0.717) is 11.4 Å². The van der Waals surface area contributed by atoms with Crippen LogP contribution in [-0.4, -0.2) is 10.7 Å². The summed E-state index contributed by atoms with van der Waals surface area (Å²) in [6.07, 6.45) is 5.27. The molecule has 0 saturated heterocycles. The zero-order valence-corrected chi connectivity index (χ0v) is 12.6. The van der Waals surface area contributed by atoms with Crippen LogP contribution in [-0.2, 0) is 0 Å². The summed E-state index contributed by atoms with van der Waals surface area (Å²) in [5.41, 5.74) is 10.9. The van der Waals surface area contributed by atoms with Crippen LogP contribution in [0, 0.1) is 5.41 Å². The van der Waals surface area contributed by atoms with Crippen molar-refractivity contribution in [1.82, 2.24) is 4.98 Å². The van der Waals surface area contributed by atoms with Gasteiger partial charge in [-0.25, -0.2) is 0 Å². The first-order valence-electron chi connectivity index (χ1n) is 7.36. The number of rotatable bonds is 4.